The Morgan fingerprint density at radius 3 is 2.47 bits per heavy atom. The third kappa shape index (κ3) is 4.53. The molecule has 1 unspecified atom stereocenters. The van der Waals surface area contributed by atoms with Gasteiger partial charge in [-0.05, 0) is 31.4 Å². The first-order valence-corrected chi connectivity index (χ1v) is 9.00. The third-order valence-corrected chi connectivity index (χ3v) is 6.02. The second-order valence-corrected chi connectivity index (χ2v) is 7.78. The Bertz CT molecular complexity index is 450. The van der Waals surface area contributed by atoms with Gasteiger partial charge in [0.05, 0.1) is 0 Å². The summed E-state index contributed by atoms with van der Waals surface area (Å²) in [6, 6.07) is 7.43. The Kier molecular flexibility index (Phi) is 5.76. The van der Waals surface area contributed by atoms with Gasteiger partial charge in [-0.1, -0.05) is 40.9 Å². The van der Waals surface area contributed by atoms with E-state index in [-0.39, 0.29) is 5.78 Å². The molecule has 0 aromatic heterocycles. The summed E-state index contributed by atoms with van der Waals surface area (Å²) < 4.78 is 13.0. The largest absolute Gasteiger partial charge is 0.294 e. The first kappa shape index (κ1) is 14.9. The van der Waals surface area contributed by atoms with Crippen molar-refractivity contribution in [1.82, 2.24) is 0 Å². The SMILES string of the molecule is O=C(CCCS(=O)C1CCCC1)c1ccc(Br)cc1. The van der Waals surface area contributed by atoms with Crippen molar-refractivity contribution in [3.63, 3.8) is 0 Å². The minimum atomic E-state index is -0.732. The average molecular weight is 343 g/mol. The minimum absolute atomic E-state index is 0.149. The van der Waals surface area contributed by atoms with Crippen LogP contribution in [0.4, 0.5) is 0 Å². The summed E-state index contributed by atoms with van der Waals surface area (Å²) in [5.41, 5.74) is 0.745. The van der Waals surface area contributed by atoms with E-state index in [2.05, 4.69) is 15.9 Å². The zero-order valence-corrected chi connectivity index (χ0v) is 13.3. The van der Waals surface area contributed by atoms with E-state index < -0.39 is 10.8 Å². The first-order chi connectivity index (χ1) is 9.16. The number of benzene rings is 1. The Hall–Kier alpha value is -0.480. The van der Waals surface area contributed by atoms with Gasteiger partial charge in [0.25, 0.3) is 0 Å². The van der Waals surface area contributed by atoms with Crippen molar-refractivity contribution < 1.29 is 9.00 Å². The van der Waals surface area contributed by atoms with Crippen molar-refractivity contribution in [2.45, 2.75) is 43.8 Å². The van der Waals surface area contributed by atoms with Gasteiger partial charge in [-0.3, -0.25) is 9.00 Å². The van der Waals surface area contributed by atoms with Crippen molar-refractivity contribution in [1.29, 1.82) is 0 Å². The lowest BCUT2D eigenvalue weighted by Gasteiger charge is -2.08. The molecule has 0 amide bonds. The van der Waals surface area contributed by atoms with E-state index in [1.54, 1.807) is 0 Å². The summed E-state index contributed by atoms with van der Waals surface area (Å²) in [5.74, 6) is 0.823. The lowest BCUT2D eigenvalue weighted by atomic mass is 10.1. The monoisotopic (exact) mass is 342 g/mol. The van der Waals surface area contributed by atoms with Gasteiger partial charge in [0.2, 0.25) is 0 Å². The van der Waals surface area contributed by atoms with Crippen LogP contribution in [-0.2, 0) is 10.8 Å². The summed E-state index contributed by atoms with van der Waals surface area (Å²) in [7, 11) is -0.732. The van der Waals surface area contributed by atoms with Crippen LogP contribution in [0.5, 0.6) is 0 Å². The molecule has 1 aromatic carbocycles. The number of carbonyl (C=O) groups excluding carboxylic acids is 1. The number of halogens is 1. The molecule has 1 aromatic rings. The lowest BCUT2D eigenvalue weighted by molar-refractivity contribution is 0.0982. The van der Waals surface area contributed by atoms with Crippen LogP contribution >= 0.6 is 15.9 Å². The molecule has 1 aliphatic carbocycles. The third-order valence-electron chi connectivity index (χ3n) is 3.59. The van der Waals surface area contributed by atoms with E-state index in [9.17, 15) is 9.00 Å². The van der Waals surface area contributed by atoms with Crippen LogP contribution in [0.2, 0.25) is 0 Å². The highest BCUT2D eigenvalue weighted by Crippen LogP contribution is 2.23. The molecule has 0 heterocycles. The predicted molar refractivity (Wildman–Crippen MR) is 83.0 cm³/mol. The maximum atomic E-state index is 12.0. The zero-order chi connectivity index (χ0) is 13.7. The van der Waals surface area contributed by atoms with Crippen molar-refractivity contribution in [3.8, 4) is 0 Å². The summed E-state index contributed by atoms with van der Waals surface area (Å²) >= 11 is 3.35. The fourth-order valence-corrected chi connectivity index (χ4v) is 4.36. The number of carbonyl (C=O) groups is 1. The van der Waals surface area contributed by atoms with E-state index in [0.29, 0.717) is 17.4 Å². The Labute approximate surface area is 125 Å². The summed E-state index contributed by atoms with van der Waals surface area (Å²) in [6.07, 6.45) is 5.88. The molecule has 2 rings (SSSR count). The molecule has 2 nitrogen and oxygen atoms in total. The van der Waals surface area contributed by atoms with Crippen LogP contribution in [0.15, 0.2) is 28.7 Å². The van der Waals surface area contributed by atoms with Crippen LogP contribution in [0.1, 0.15) is 48.9 Å². The van der Waals surface area contributed by atoms with Crippen molar-refractivity contribution >= 4 is 32.5 Å². The molecule has 0 spiro atoms. The number of hydrogen-bond donors (Lipinski definition) is 0. The van der Waals surface area contributed by atoms with E-state index >= 15 is 0 Å². The first-order valence-electron chi connectivity index (χ1n) is 6.83. The van der Waals surface area contributed by atoms with E-state index in [0.717, 1.165) is 29.3 Å². The van der Waals surface area contributed by atoms with Crippen LogP contribution < -0.4 is 0 Å². The summed E-state index contributed by atoms with van der Waals surface area (Å²) in [6.45, 7) is 0. The number of hydrogen-bond acceptors (Lipinski definition) is 2. The van der Waals surface area contributed by atoms with Gasteiger partial charge in [0.15, 0.2) is 5.78 Å². The normalized spacial score (nSPS) is 17.5. The summed E-state index contributed by atoms with van der Waals surface area (Å²) in [4.78, 5) is 11.9. The van der Waals surface area contributed by atoms with Crippen LogP contribution in [0.25, 0.3) is 0 Å². The smallest absolute Gasteiger partial charge is 0.162 e. The van der Waals surface area contributed by atoms with Crippen molar-refractivity contribution in [2.75, 3.05) is 5.75 Å². The maximum Gasteiger partial charge on any atom is 0.162 e. The second-order valence-electron chi connectivity index (χ2n) is 5.02. The highest BCUT2D eigenvalue weighted by Gasteiger charge is 2.21. The molecule has 1 fully saturated rings. The average Bonchev–Trinajstić information content (AvgIpc) is 2.93. The molecule has 0 aliphatic heterocycles. The van der Waals surface area contributed by atoms with Crippen LogP contribution in [0.3, 0.4) is 0 Å². The number of rotatable bonds is 6. The highest BCUT2D eigenvalue weighted by atomic mass is 79.9. The van der Waals surface area contributed by atoms with Gasteiger partial charge in [-0.15, -0.1) is 0 Å². The fraction of sp³-hybridized carbons (Fsp3) is 0.533. The van der Waals surface area contributed by atoms with Crippen LogP contribution in [0, 0.1) is 0 Å². The van der Waals surface area contributed by atoms with E-state index in [4.69, 9.17) is 0 Å². The molecule has 0 N–H and O–H groups in total. The maximum absolute atomic E-state index is 12.0. The van der Waals surface area contributed by atoms with Crippen molar-refractivity contribution in [3.05, 3.63) is 34.3 Å². The second kappa shape index (κ2) is 7.34. The molecule has 1 atom stereocenters. The topological polar surface area (TPSA) is 34.1 Å². The Morgan fingerprint density at radius 1 is 1.21 bits per heavy atom. The molecule has 0 saturated heterocycles. The Morgan fingerprint density at radius 2 is 1.84 bits per heavy atom. The molecule has 0 bridgehead atoms. The lowest BCUT2D eigenvalue weighted by Crippen LogP contribution is -2.14. The molecular weight excluding hydrogens is 324 g/mol. The minimum Gasteiger partial charge on any atom is -0.294 e. The van der Waals surface area contributed by atoms with Gasteiger partial charge in [-0.25, -0.2) is 0 Å². The van der Waals surface area contributed by atoms with Gasteiger partial charge in [0, 0.05) is 38.3 Å². The van der Waals surface area contributed by atoms with Crippen molar-refractivity contribution in [2.24, 2.45) is 0 Å². The molecule has 19 heavy (non-hydrogen) atoms. The fourth-order valence-electron chi connectivity index (χ4n) is 2.47. The molecule has 0 radical (unpaired) electrons. The van der Waals surface area contributed by atoms with E-state index in [1.807, 2.05) is 24.3 Å². The zero-order valence-electron chi connectivity index (χ0n) is 10.9. The summed E-state index contributed by atoms with van der Waals surface area (Å²) in [5, 5.41) is 0.391. The quantitative estimate of drug-likeness (QED) is 0.729. The number of ketones is 1. The highest BCUT2D eigenvalue weighted by molar-refractivity contribution is 9.10. The molecule has 4 heteroatoms. The number of Topliss-reactive ketones (excluding diaryl/α,β-unsaturated/α-hetero) is 1. The van der Waals surface area contributed by atoms with Gasteiger partial charge in [0.1, 0.15) is 0 Å². The van der Waals surface area contributed by atoms with Gasteiger partial charge < -0.3 is 0 Å². The van der Waals surface area contributed by atoms with Gasteiger partial charge >= 0.3 is 0 Å². The van der Waals surface area contributed by atoms with Crippen LogP contribution in [-0.4, -0.2) is 21.0 Å². The Balaban J connectivity index is 1.74. The standard InChI is InChI=1S/C15H19BrO2S/c16-13-9-7-12(8-10-13)15(17)6-3-11-19(18)14-4-1-2-5-14/h7-10,14H,1-6,11H2. The molecule has 1 aliphatic rings. The molecular formula is C15H19BrO2S. The predicted octanol–water partition coefficient (Wildman–Crippen LogP) is 4.10. The molecule has 1 saturated carbocycles. The van der Waals surface area contributed by atoms with E-state index in [1.165, 1.54) is 12.8 Å². The van der Waals surface area contributed by atoms with Gasteiger partial charge in [-0.2, -0.15) is 0 Å². The molecule has 104 valence electrons.